The van der Waals surface area contributed by atoms with E-state index in [-0.39, 0.29) is 28.5 Å². The second-order valence-electron chi connectivity index (χ2n) is 4.76. The van der Waals surface area contributed by atoms with Gasteiger partial charge in [0, 0.05) is 17.0 Å². The Morgan fingerprint density at radius 2 is 1.91 bits per heavy atom. The number of phenols is 1. The highest BCUT2D eigenvalue weighted by atomic mass is 16.6. The molecule has 0 unspecified atom stereocenters. The van der Waals surface area contributed by atoms with Crippen molar-refractivity contribution in [2.24, 2.45) is 0 Å². The summed E-state index contributed by atoms with van der Waals surface area (Å²) < 4.78 is 10.4. The maximum Gasteiger partial charge on any atom is 0.312 e. The number of non-ortho nitro benzene ring substituents is 1. The van der Waals surface area contributed by atoms with Crippen LogP contribution in [0.15, 0.2) is 46.9 Å². The van der Waals surface area contributed by atoms with Crippen LogP contribution in [0.3, 0.4) is 0 Å². The van der Waals surface area contributed by atoms with Crippen LogP contribution in [-0.2, 0) is 0 Å². The number of carbonyl (C=O) groups is 1. The zero-order chi connectivity index (χ0) is 16.6. The zero-order valence-electron chi connectivity index (χ0n) is 12.0. The van der Waals surface area contributed by atoms with Crippen LogP contribution in [0.4, 0.5) is 5.69 Å². The molecule has 0 saturated heterocycles. The molecule has 3 rings (SSSR count). The predicted molar refractivity (Wildman–Crippen MR) is 81.0 cm³/mol. The van der Waals surface area contributed by atoms with Crippen molar-refractivity contribution in [3.63, 3.8) is 0 Å². The molecule has 7 nitrogen and oxygen atoms in total. The van der Waals surface area contributed by atoms with Gasteiger partial charge < -0.3 is 14.3 Å². The number of phenolic OH excluding ortho intramolecular Hbond substituents is 1. The number of aromatic hydroxyl groups is 1. The molecule has 0 atom stereocenters. The molecule has 0 spiro atoms. The molecule has 0 aliphatic rings. The number of ketones is 1. The van der Waals surface area contributed by atoms with Gasteiger partial charge in [-0.1, -0.05) is 6.07 Å². The fraction of sp³-hybridized carbons (Fsp3) is 0.0625. The first kappa shape index (κ1) is 14.6. The maximum absolute atomic E-state index is 12.7. The number of hydrogen-bond acceptors (Lipinski definition) is 6. The van der Waals surface area contributed by atoms with Crippen molar-refractivity contribution in [1.29, 1.82) is 0 Å². The Morgan fingerprint density at radius 3 is 2.52 bits per heavy atom. The first-order valence-corrected chi connectivity index (χ1v) is 6.60. The van der Waals surface area contributed by atoms with E-state index in [1.165, 1.54) is 43.5 Å². The minimum atomic E-state index is -0.583. The van der Waals surface area contributed by atoms with Gasteiger partial charge in [0.1, 0.15) is 11.3 Å². The van der Waals surface area contributed by atoms with Gasteiger partial charge in [0.05, 0.1) is 12.0 Å². The Hall–Kier alpha value is -3.35. The second kappa shape index (κ2) is 5.45. The number of furan rings is 1. The first-order valence-electron chi connectivity index (χ1n) is 6.60. The van der Waals surface area contributed by atoms with E-state index < -0.39 is 10.7 Å². The molecular weight excluding hydrogens is 302 g/mol. The number of carbonyl (C=O) groups excluding carboxylic acids is 1. The number of para-hydroxylation sites is 1. The molecule has 1 aromatic heterocycles. The van der Waals surface area contributed by atoms with Crippen molar-refractivity contribution >= 4 is 22.4 Å². The van der Waals surface area contributed by atoms with Crippen LogP contribution in [-0.4, -0.2) is 22.9 Å². The Bertz CT molecular complexity index is 910. The zero-order valence-corrected chi connectivity index (χ0v) is 12.0. The summed E-state index contributed by atoms with van der Waals surface area (Å²) in [4.78, 5) is 23.2. The van der Waals surface area contributed by atoms with Gasteiger partial charge in [0.25, 0.3) is 5.95 Å². The third-order valence-corrected chi connectivity index (χ3v) is 3.40. The van der Waals surface area contributed by atoms with Crippen molar-refractivity contribution in [1.82, 2.24) is 0 Å². The largest absolute Gasteiger partial charge is 0.508 e. The van der Waals surface area contributed by atoms with Gasteiger partial charge in [-0.3, -0.25) is 14.9 Å². The van der Waals surface area contributed by atoms with Gasteiger partial charge in [-0.25, -0.2) is 0 Å². The normalized spacial score (nSPS) is 10.7. The molecule has 7 heteroatoms. The van der Waals surface area contributed by atoms with Crippen molar-refractivity contribution in [3.05, 3.63) is 63.7 Å². The van der Waals surface area contributed by atoms with E-state index in [2.05, 4.69) is 0 Å². The van der Waals surface area contributed by atoms with Gasteiger partial charge in [0.15, 0.2) is 0 Å². The topological polar surface area (TPSA) is 103 Å². The van der Waals surface area contributed by atoms with Crippen LogP contribution in [0.25, 0.3) is 11.0 Å². The Kier molecular flexibility index (Phi) is 3.46. The van der Waals surface area contributed by atoms with Crippen LogP contribution in [0.1, 0.15) is 15.9 Å². The first-order chi connectivity index (χ1) is 11.0. The number of nitro groups is 1. The number of benzene rings is 2. The number of ether oxygens (including phenoxy) is 1. The molecule has 23 heavy (non-hydrogen) atoms. The van der Waals surface area contributed by atoms with E-state index in [9.17, 15) is 20.0 Å². The summed E-state index contributed by atoms with van der Waals surface area (Å²) in [6.07, 6.45) is 0. The third-order valence-electron chi connectivity index (χ3n) is 3.40. The van der Waals surface area contributed by atoms with E-state index in [1.54, 1.807) is 6.07 Å². The van der Waals surface area contributed by atoms with Crippen LogP contribution in [0.2, 0.25) is 0 Å². The van der Waals surface area contributed by atoms with Gasteiger partial charge in [0.2, 0.25) is 11.4 Å². The number of nitrogens with zero attached hydrogens (tertiary/aromatic N) is 1. The minimum absolute atomic E-state index is 0.0171. The molecule has 116 valence electrons. The molecule has 2 aromatic carbocycles. The molecule has 0 saturated carbocycles. The summed E-state index contributed by atoms with van der Waals surface area (Å²) >= 11 is 0. The van der Waals surface area contributed by atoms with Crippen molar-refractivity contribution in [3.8, 4) is 11.7 Å². The van der Waals surface area contributed by atoms with E-state index in [0.29, 0.717) is 10.9 Å². The molecule has 0 bridgehead atoms. The minimum Gasteiger partial charge on any atom is -0.508 e. The summed E-state index contributed by atoms with van der Waals surface area (Å²) in [5.74, 6) is -0.477. The number of fused-ring (bicyclic) bond motifs is 1. The third kappa shape index (κ3) is 2.38. The van der Waals surface area contributed by atoms with Gasteiger partial charge in [-0.15, -0.1) is 0 Å². The second-order valence-corrected chi connectivity index (χ2v) is 4.76. The lowest BCUT2D eigenvalue weighted by atomic mass is 10.0. The molecule has 0 fully saturated rings. The predicted octanol–water partition coefficient (Wildman–Crippen LogP) is 3.29. The Morgan fingerprint density at radius 1 is 1.22 bits per heavy atom. The fourth-order valence-electron chi connectivity index (χ4n) is 2.34. The number of rotatable bonds is 4. The van der Waals surface area contributed by atoms with Crippen LogP contribution < -0.4 is 4.74 Å². The van der Waals surface area contributed by atoms with Crippen molar-refractivity contribution in [2.45, 2.75) is 0 Å². The van der Waals surface area contributed by atoms with E-state index in [4.69, 9.17) is 9.15 Å². The lowest BCUT2D eigenvalue weighted by molar-refractivity contribution is -0.383. The van der Waals surface area contributed by atoms with Crippen molar-refractivity contribution in [2.75, 3.05) is 7.11 Å². The number of hydrogen-bond donors (Lipinski definition) is 1. The van der Waals surface area contributed by atoms with E-state index in [1.807, 2.05) is 0 Å². The average Bonchev–Trinajstić information content (AvgIpc) is 2.93. The number of methoxy groups -OCH3 is 1. The lowest BCUT2D eigenvalue weighted by Crippen LogP contribution is -2.02. The summed E-state index contributed by atoms with van der Waals surface area (Å²) in [5, 5.41) is 20.7. The fourth-order valence-corrected chi connectivity index (χ4v) is 2.34. The van der Waals surface area contributed by atoms with E-state index in [0.717, 1.165) is 0 Å². The van der Waals surface area contributed by atoms with Gasteiger partial charge >= 0.3 is 5.69 Å². The molecule has 1 heterocycles. The lowest BCUT2D eigenvalue weighted by Gasteiger charge is -2.02. The standard InChI is InChI=1S/C16H11NO6/c1-22-16-13(14(19)9-5-7-10(18)8-6-9)11-3-2-4-12(17(20)21)15(11)23-16/h2-8,18H,1H3. The quantitative estimate of drug-likeness (QED) is 0.450. The van der Waals surface area contributed by atoms with Crippen molar-refractivity contribution < 1.29 is 24.0 Å². The molecule has 1 N–H and O–H groups in total. The maximum atomic E-state index is 12.7. The summed E-state index contributed by atoms with van der Waals surface area (Å²) in [6, 6.07) is 9.99. The molecular formula is C16H11NO6. The molecule has 0 aliphatic heterocycles. The van der Waals surface area contributed by atoms with Crippen LogP contribution in [0, 0.1) is 10.1 Å². The van der Waals surface area contributed by atoms with Gasteiger partial charge in [-0.2, -0.15) is 0 Å². The number of nitro benzene ring substituents is 1. The highest BCUT2D eigenvalue weighted by molar-refractivity contribution is 6.18. The highest BCUT2D eigenvalue weighted by Crippen LogP contribution is 2.38. The summed E-state index contributed by atoms with van der Waals surface area (Å²) in [7, 11) is 1.32. The average molecular weight is 313 g/mol. The van der Waals surface area contributed by atoms with Crippen LogP contribution >= 0.6 is 0 Å². The SMILES string of the molecule is COc1oc2c([N+](=O)[O-])cccc2c1C(=O)c1ccc(O)cc1. The molecule has 0 radical (unpaired) electrons. The van der Waals surface area contributed by atoms with Crippen LogP contribution in [0.5, 0.6) is 11.7 Å². The highest BCUT2D eigenvalue weighted by Gasteiger charge is 2.27. The molecule has 3 aromatic rings. The monoisotopic (exact) mass is 313 g/mol. The molecule has 0 aliphatic carbocycles. The summed E-state index contributed by atoms with van der Waals surface area (Å²) in [6.45, 7) is 0. The van der Waals surface area contributed by atoms with E-state index >= 15 is 0 Å². The summed E-state index contributed by atoms with van der Waals surface area (Å²) in [5.41, 5.74) is 0.147. The Balaban J connectivity index is 2.24. The molecule has 0 amide bonds. The van der Waals surface area contributed by atoms with Gasteiger partial charge in [-0.05, 0) is 30.3 Å². The smallest absolute Gasteiger partial charge is 0.312 e. The Labute approximate surface area is 129 Å².